The van der Waals surface area contributed by atoms with Crippen LogP contribution in [0.2, 0.25) is 0 Å². The lowest BCUT2D eigenvalue weighted by molar-refractivity contribution is -0.150. The van der Waals surface area contributed by atoms with Gasteiger partial charge in [0.25, 0.3) is 0 Å². The van der Waals surface area contributed by atoms with Gasteiger partial charge in [0.15, 0.2) is 5.78 Å². The van der Waals surface area contributed by atoms with E-state index in [2.05, 4.69) is 26.8 Å². The van der Waals surface area contributed by atoms with E-state index in [4.69, 9.17) is 4.74 Å². The van der Waals surface area contributed by atoms with Crippen LogP contribution in [-0.2, 0) is 20.9 Å². The Morgan fingerprint density at radius 3 is 2.51 bits per heavy atom. The number of ketones is 1. The average molecular weight is 507 g/mol. The Balaban J connectivity index is 1.27. The van der Waals surface area contributed by atoms with Gasteiger partial charge in [0.05, 0.1) is 6.10 Å². The van der Waals surface area contributed by atoms with E-state index in [0.29, 0.717) is 42.5 Å². The summed E-state index contributed by atoms with van der Waals surface area (Å²) in [6.07, 6.45) is 10.3. The molecule has 0 radical (unpaired) electrons. The zero-order valence-electron chi connectivity index (χ0n) is 23.2. The van der Waals surface area contributed by atoms with Crippen LogP contribution in [-0.4, -0.2) is 23.0 Å². The van der Waals surface area contributed by atoms with Crippen molar-refractivity contribution >= 4 is 11.8 Å². The Kier molecular flexibility index (Phi) is 7.44. The molecule has 1 aromatic rings. The topological polar surface area (TPSA) is 63.6 Å². The molecule has 0 spiro atoms. The van der Waals surface area contributed by atoms with E-state index >= 15 is 0 Å². The third-order valence-corrected chi connectivity index (χ3v) is 11.5. The number of benzene rings is 1. The van der Waals surface area contributed by atoms with Crippen molar-refractivity contribution in [2.45, 2.75) is 98.2 Å². The zero-order valence-corrected chi connectivity index (χ0v) is 23.2. The Labute approximate surface area is 223 Å². The molecule has 0 aromatic heterocycles. The van der Waals surface area contributed by atoms with Gasteiger partial charge in [0, 0.05) is 12.3 Å². The summed E-state index contributed by atoms with van der Waals surface area (Å²) in [5.41, 5.74) is 2.30. The van der Waals surface area contributed by atoms with Crippen molar-refractivity contribution in [2.24, 2.45) is 46.3 Å². The van der Waals surface area contributed by atoms with Crippen LogP contribution in [0.1, 0.15) is 91.0 Å². The van der Waals surface area contributed by atoms with Crippen LogP contribution < -0.4 is 0 Å². The van der Waals surface area contributed by atoms with Gasteiger partial charge < -0.3 is 9.84 Å². The molecule has 0 amide bonds. The summed E-state index contributed by atoms with van der Waals surface area (Å²) >= 11 is 0. The fourth-order valence-corrected chi connectivity index (χ4v) is 9.52. The van der Waals surface area contributed by atoms with E-state index in [1.807, 2.05) is 37.3 Å². The molecule has 4 fully saturated rings. The predicted octanol–water partition coefficient (Wildman–Crippen LogP) is 6.90. The van der Waals surface area contributed by atoms with Gasteiger partial charge in [-0.15, -0.1) is 0 Å². The standard InChI is InChI=1S/C33H46O4/c1-5-24-28-19-23(34)15-17-33(28,4)27-16-18-32(3)25(12-13-26(32)30(27)31(24)36)21(2)11-14-29(35)37-20-22-9-7-6-8-10-22/h5-10,21,23,25-28,30,34H,11-20H2,1-4H3/b24-5+. The van der Waals surface area contributed by atoms with Crippen molar-refractivity contribution in [1.29, 1.82) is 0 Å². The first-order valence-corrected chi connectivity index (χ1v) is 14.8. The van der Waals surface area contributed by atoms with Crippen LogP contribution in [0.5, 0.6) is 0 Å². The molecule has 202 valence electrons. The van der Waals surface area contributed by atoms with Crippen LogP contribution in [0.25, 0.3) is 0 Å². The second-order valence-electron chi connectivity index (χ2n) is 13.2. The number of rotatable bonds is 6. The lowest BCUT2D eigenvalue weighted by Crippen LogP contribution is -2.58. The number of Topliss-reactive ketones (excluding diaryl/α,β-unsaturated/α-hetero) is 1. The number of carbonyl (C=O) groups is 2. The minimum Gasteiger partial charge on any atom is -0.461 e. The fourth-order valence-electron chi connectivity index (χ4n) is 9.52. The van der Waals surface area contributed by atoms with Crippen LogP contribution in [0.3, 0.4) is 0 Å². The number of aliphatic hydroxyl groups excluding tert-OH is 1. The minimum atomic E-state index is -0.276. The van der Waals surface area contributed by atoms with Crippen molar-refractivity contribution in [3.8, 4) is 0 Å². The van der Waals surface area contributed by atoms with E-state index in [1.165, 1.54) is 6.42 Å². The van der Waals surface area contributed by atoms with Gasteiger partial charge in [-0.05, 0) is 110 Å². The van der Waals surface area contributed by atoms with Crippen LogP contribution in [0.15, 0.2) is 42.0 Å². The van der Waals surface area contributed by atoms with E-state index in [1.54, 1.807) is 0 Å². The van der Waals surface area contributed by atoms with Crippen molar-refractivity contribution in [2.75, 3.05) is 0 Å². The highest BCUT2D eigenvalue weighted by molar-refractivity contribution is 5.99. The maximum Gasteiger partial charge on any atom is 0.306 e. The third kappa shape index (κ3) is 4.62. The fraction of sp³-hybridized carbons (Fsp3) is 0.697. The first-order chi connectivity index (χ1) is 17.7. The molecule has 1 N–H and O–H groups in total. The number of hydrogen-bond acceptors (Lipinski definition) is 4. The Morgan fingerprint density at radius 2 is 1.78 bits per heavy atom. The van der Waals surface area contributed by atoms with Crippen molar-refractivity contribution in [3.05, 3.63) is 47.5 Å². The van der Waals surface area contributed by atoms with Crippen LogP contribution in [0, 0.1) is 46.3 Å². The maximum atomic E-state index is 14.0. The Hall–Kier alpha value is -1.94. The molecule has 0 bridgehead atoms. The molecule has 4 aliphatic rings. The first kappa shape index (κ1) is 26.7. The smallest absolute Gasteiger partial charge is 0.306 e. The lowest BCUT2D eigenvalue weighted by atomic mass is 9.43. The highest BCUT2D eigenvalue weighted by Crippen LogP contribution is 2.68. The molecule has 5 rings (SSSR count). The van der Waals surface area contributed by atoms with Crippen molar-refractivity contribution in [1.82, 2.24) is 0 Å². The number of esters is 1. The van der Waals surface area contributed by atoms with Gasteiger partial charge in [-0.1, -0.05) is 57.2 Å². The number of allylic oxidation sites excluding steroid dienone is 2. The monoisotopic (exact) mass is 506 g/mol. The number of aliphatic hydroxyl groups is 1. The average Bonchev–Trinajstić information content (AvgIpc) is 3.25. The Morgan fingerprint density at radius 1 is 1.08 bits per heavy atom. The first-order valence-electron chi connectivity index (χ1n) is 14.8. The van der Waals surface area contributed by atoms with Crippen LogP contribution >= 0.6 is 0 Å². The normalized spacial score (nSPS) is 41.0. The molecule has 4 saturated carbocycles. The van der Waals surface area contributed by atoms with E-state index in [-0.39, 0.29) is 34.7 Å². The van der Waals surface area contributed by atoms with Gasteiger partial charge in [-0.25, -0.2) is 0 Å². The lowest BCUT2D eigenvalue weighted by Gasteiger charge is -2.61. The van der Waals surface area contributed by atoms with Gasteiger partial charge in [0.2, 0.25) is 0 Å². The molecule has 9 unspecified atom stereocenters. The second-order valence-corrected chi connectivity index (χ2v) is 13.2. The number of ether oxygens (including phenoxy) is 1. The molecule has 0 saturated heterocycles. The summed E-state index contributed by atoms with van der Waals surface area (Å²) in [7, 11) is 0. The molecule has 37 heavy (non-hydrogen) atoms. The molecule has 4 heteroatoms. The molecule has 4 aliphatic carbocycles. The summed E-state index contributed by atoms with van der Waals surface area (Å²) in [6, 6.07) is 9.86. The summed E-state index contributed by atoms with van der Waals surface area (Å²) in [5.74, 6) is 2.43. The molecular formula is C33H46O4. The highest BCUT2D eigenvalue weighted by atomic mass is 16.5. The van der Waals surface area contributed by atoms with Gasteiger partial charge in [-0.3, -0.25) is 9.59 Å². The van der Waals surface area contributed by atoms with E-state index in [9.17, 15) is 14.7 Å². The molecule has 0 heterocycles. The van der Waals surface area contributed by atoms with E-state index < -0.39 is 0 Å². The summed E-state index contributed by atoms with van der Waals surface area (Å²) in [4.78, 5) is 26.5. The summed E-state index contributed by atoms with van der Waals surface area (Å²) < 4.78 is 5.54. The molecule has 9 atom stereocenters. The number of hydrogen-bond donors (Lipinski definition) is 1. The summed E-state index contributed by atoms with van der Waals surface area (Å²) in [5, 5.41) is 10.5. The SMILES string of the molecule is C/C=C1/C(=O)C2C(CCC3(C)C(C(C)CCC(=O)OCc4ccccc4)CCC23)C2(C)CCC(O)CC12. The highest BCUT2D eigenvalue weighted by Gasteiger charge is 2.64. The Bertz CT molecular complexity index is 1030. The van der Waals surface area contributed by atoms with Gasteiger partial charge in [0.1, 0.15) is 6.61 Å². The molecular weight excluding hydrogens is 460 g/mol. The maximum absolute atomic E-state index is 14.0. The van der Waals surface area contributed by atoms with Crippen molar-refractivity contribution in [3.63, 3.8) is 0 Å². The third-order valence-electron chi connectivity index (χ3n) is 11.5. The molecule has 4 nitrogen and oxygen atoms in total. The molecule has 1 aromatic carbocycles. The quantitative estimate of drug-likeness (QED) is 0.337. The van der Waals surface area contributed by atoms with Crippen molar-refractivity contribution < 1.29 is 19.4 Å². The van der Waals surface area contributed by atoms with E-state index in [0.717, 1.165) is 56.1 Å². The van der Waals surface area contributed by atoms with Crippen LogP contribution in [0.4, 0.5) is 0 Å². The largest absolute Gasteiger partial charge is 0.461 e. The predicted molar refractivity (Wildman–Crippen MR) is 145 cm³/mol. The second kappa shape index (κ2) is 10.3. The number of fused-ring (bicyclic) bond motifs is 5. The van der Waals surface area contributed by atoms with Gasteiger partial charge in [-0.2, -0.15) is 0 Å². The minimum absolute atomic E-state index is 0.113. The summed E-state index contributed by atoms with van der Waals surface area (Å²) in [6.45, 7) is 9.56. The van der Waals surface area contributed by atoms with Gasteiger partial charge >= 0.3 is 5.97 Å². The number of carbonyl (C=O) groups excluding carboxylic acids is 2. The molecule has 0 aliphatic heterocycles. The zero-order chi connectivity index (χ0) is 26.4.